The van der Waals surface area contributed by atoms with Gasteiger partial charge < -0.3 is 5.32 Å². The minimum Gasteiger partial charge on any atom is -0.316 e. The lowest BCUT2D eigenvalue weighted by Crippen LogP contribution is -2.40. The van der Waals surface area contributed by atoms with Crippen LogP contribution in [0.3, 0.4) is 0 Å². The van der Waals surface area contributed by atoms with Crippen LogP contribution in [0.4, 0.5) is 0 Å². The topological polar surface area (TPSA) is 15.3 Å². The van der Waals surface area contributed by atoms with Gasteiger partial charge in [0.25, 0.3) is 0 Å². The largest absolute Gasteiger partial charge is 0.316 e. The van der Waals surface area contributed by atoms with Gasteiger partial charge in [0.05, 0.1) is 0 Å². The van der Waals surface area contributed by atoms with E-state index in [1.165, 1.54) is 5.56 Å². The SMILES string of the molecule is CNC(CCN(C)C(C)c1cccc(Cl)c1)C(C)(C)C. The standard InChI is InChI=1S/C17H29ClN2/c1-13(14-8-7-9-15(18)12-14)20(6)11-10-16(19-5)17(2,3)4/h7-9,12-13,16,19H,10-11H2,1-6H3. The average Bonchev–Trinajstić information content (AvgIpc) is 2.36. The molecule has 0 fully saturated rings. The molecule has 0 aromatic heterocycles. The Bertz CT molecular complexity index is 412. The summed E-state index contributed by atoms with van der Waals surface area (Å²) in [5.41, 5.74) is 1.56. The predicted octanol–water partition coefficient (Wildman–Crippen LogP) is 4.36. The molecule has 2 atom stereocenters. The molecule has 0 aliphatic carbocycles. The fourth-order valence-corrected chi connectivity index (χ4v) is 2.76. The molecule has 2 nitrogen and oxygen atoms in total. The average molecular weight is 297 g/mol. The molecule has 114 valence electrons. The first kappa shape index (κ1) is 17.5. The maximum Gasteiger partial charge on any atom is 0.0409 e. The Hall–Kier alpha value is -0.570. The van der Waals surface area contributed by atoms with E-state index in [-0.39, 0.29) is 5.41 Å². The van der Waals surface area contributed by atoms with E-state index >= 15 is 0 Å². The van der Waals surface area contributed by atoms with Crippen molar-refractivity contribution in [3.8, 4) is 0 Å². The zero-order valence-electron chi connectivity index (χ0n) is 13.7. The van der Waals surface area contributed by atoms with Crippen molar-refractivity contribution in [1.82, 2.24) is 10.2 Å². The first-order valence-corrected chi connectivity index (χ1v) is 7.76. The number of rotatable bonds is 6. The smallest absolute Gasteiger partial charge is 0.0409 e. The van der Waals surface area contributed by atoms with Crippen molar-refractivity contribution < 1.29 is 0 Å². The summed E-state index contributed by atoms with van der Waals surface area (Å²) in [7, 11) is 4.23. The van der Waals surface area contributed by atoms with E-state index in [1.54, 1.807) is 0 Å². The number of nitrogens with one attached hydrogen (secondary N) is 1. The van der Waals surface area contributed by atoms with Crippen LogP contribution in [0.15, 0.2) is 24.3 Å². The minimum atomic E-state index is 0.287. The Balaban J connectivity index is 2.60. The van der Waals surface area contributed by atoms with Crippen molar-refractivity contribution >= 4 is 11.6 Å². The van der Waals surface area contributed by atoms with E-state index < -0.39 is 0 Å². The lowest BCUT2D eigenvalue weighted by molar-refractivity contribution is 0.204. The molecule has 3 heteroatoms. The van der Waals surface area contributed by atoms with Gasteiger partial charge in [0.15, 0.2) is 0 Å². The summed E-state index contributed by atoms with van der Waals surface area (Å²) in [4.78, 5) is 2.39. The van der Waals surface area contributed by atoms with Gasteiger partial charge in [0, 0.05) is 17.1 Å². The second-order valence-electron chi connectivity index (χ2n) is 6.71. The van der Waals surface area contributed by atoms with Crippen LogP contribution in [0.2, 0.25) is 5.02 Å². The summed E-state index contributed by atoms with van der Waals surface area (Å²) < 4.78 is 0. The third-order valence-corrected chi connectivity index (χ3v) is 4.39. The molecule has 0 radical (unpaired) electrons. The van der Waals surface area contributed by atoms with Gasteiger partial charge in [-0.1, -0.05) is 44.5 Å². The molecular formula is C17H29ClN2. The van der Waals surface area contributed by atoms with Gasteiger partial charge >= 0.3 is 0 Å². The molecule has 0 amide bonds. The molecule has 2 unspecified atom stereocenters. The number of benzene rings is 1. The van der Waals surface area contributed by atoms with E-state index in [0.717, 1.165) is 18.0 Å². The highest BCUT2D eigenvalue weighted by molar-refractivity contribution is 6.30. The van der Waals surface area contributed by atoms with E-state index in [0.29, 0.717) is 12.1 Å². The Kier molecular flexibility index (Phi) is 6.50. The number of nitrogens with zero attached hydrogens (tertiary/aromatic N) is 1. The summed E-state index contributed by atoms with van der Waals surface area (Å²) in [6.45, 7) is 10.2. The number of hydrogen-bond donors (Lipinski definition) is 1. The predicted molar refractivity (Wildman–Crippen MR) is 89.4 cm³/mol. The molecule has 0 bridgehead atoms. The van der Waals surface area contributed by atoms with Crippen LogP contribution < -0.4 is 5.32 Å². The molecule has 1 aromatic rings. The molecule has 1 N–H and O–H groups in total. The number of hydrogen-bond acceptors (Lipinski definition) is 2. The van der Waals surface area contributed by atoms with E-state index in [9.17, 15) is 0 Å². The van der Waals surface area contributed by atoms with Crippen LogP contribution >= 0.6 is 11.6 Å². The molecule has 1 aromatic carbocycles. The highest BCUT2D eigenvalue weighted by Gasteiger charge is 2.23. The van der Waals surface area contributed by atoms with E-state index in [2.05, 4.69) is 64.1 Å². The van der Waals surface area contributed by atoms with Gasteiger partial charge in [-0.2, -0.15) is 0 Å². The van der Waals surface area contributed by atoms with Crippen molar-refractivity contribution in [2.24, 2.45) is 5.41 Å². The Morgan fingerprint density at radius 3 is 2.45 bits per heavy atom. The summed E-state index contributed by atoms with van der Waals surface area (Å²) >= 11 is 6.07. The van der Waals surface area contributed by atoms with Crippen LogP contribution in [-0.4, -0.2) is 31.6 Å². The summed E-state index contributed by atoms with van der Waals surface area (Å²) in [5, 5.41) is 4.25. The van der Waals surface area contributed by atoms with Crippen LogP contribution in [0.25, 0.3) is 0 Å². The van der Waals surface area contributed by atoms with E-state index in [1.807, 2.05) is 12.1 Å². The van der Waals surface area contributed by atoms with Crippen molar-refractivity contribution in [2.45, 2.75) is 46.2 Å². The molecule has 0 aliphatic heterocycles. The third kappa shape index (κ3) is 5.08. The zero-order valence-corrected chi connectivity index (χ0v) is 14.5. The van der Waals surface area contributed by atoms with Crippen LogP contribution in [0.1, 0.15) is 45.7 Å². The molecular weight excluding hydrogens is 268 g/mol. The molecule has 1 rings (SSSR count). The third-order valence-electron chi connectivity index (χ3n) is 4.16. The van der Waals surface area contributed by atoms with Crippen LogP contribution in [0, 0.1) is 5.41 Å². The van der Waals surface area contributed by atoms with Gasteiger partial charge in [-0.15, -0.1) is 0 Å². The van der Waals surface area contributed by atoms with Crippen molar-refractivity contribution in [2.75, 3.05) is 20.6 Å². The maximum absolute atomic E-state index is 6.07. The molecule has 20 heavy (non-hydrogen) atoms. The first-order valence-electron chi connectivity index (χ1n) is 7.38. The first-order chi connectivity index (χ1) is 9.25. The molecule has 0 heterocycles. The van der Waals surface area contributed by atoms with Crippen molar-refractivity contribution in [3.63, 3.8) is 0 Å². The normalized spacial score (nSPS) is 15.4. The lowest BCUT2D eigenvalue weighted by atomic mass is 9.84. The highest BCUT2D eigenvalue weighted by atomic mass is 35.5. The fourth-order valence-electron chi connectivity index (χ4n) is 2.56. The minimum absolute atomic E-state index is 0.287. The second kappa shape index (κ2) is 7.44. The lowest BCUT2D eigenvalue weighted by Gasteiger charge is -2.33. The Morgan fingerprint density at radius 2 is 1.95 bits per heavy atom. The number of halogens is 1. The Morgan fingerprint density at radius 1 is 1.30 bits per heavy atom. The summed E-state index contributed by atoms with van der Waals surface area (Å²) in [6, 6.07) is 9.05. The quantitative estimate of drug-likeness (QED) is 0.839. The Labute approximate surface area is 129 Å². The zero-order chi connectivity index (χ0) is 15.3. The monoisotopic (exact) mass is 296 g/mol. The molecule has 0 aliphatic rings. The molecule has 0 saturated heterocycles. The van der Waals surface area contributed by atoms with Gasteiger partial charge in [-0.05, 0) is 57.1 Å². The fraction of sp³-hybridized carbons (Fsp3) is 0.647. The van der Waals surface area contributed by atoms with Gasteiger partial charge in [0.2, 0.25) is 0 Å². The van der Waals surface area contributed by atoms with Gasteiger partial charge in [0.1, 0.15) is 0 Å². The molecule has 0 saturated carbocycles. The van der Waals surface area contributed by atoms with Crippen molar-refractivity contribution in [1.29, 1.82) is 0 Å². The van der Waals surface area contributed by atoms with E-state index in [4.69, 9.17) is 11.6 Å². The summed E-state index contributed by atoms with van der Waals surface area (Å²) in [6.07, 6.45) is 1.14. The molecule has 0 spiro atoms. The van der Waals surface area contributed by atoms with Crippen molar-refractivity contribution in [3.05, 3.63) is 34.9 Å². The summed E-state index contributed by atoms with van der Waals surface area (Å²) in [5.74, 6) is 0. The maximum atomic E-state index is 6.07. The van der Waals surface area contributed by atoms with Gasteiger partial charge in [-0.3, -0.25) is 4.90 Å². The second-order valence-corrected chi connectivity index (χ2v) is 7.14. The van der Waals surface area contributed by atoms with Crippen LogP contribution in [-0.2, 0) is 0 Å². The highest BCUT2D eigenvalue weighted by Crippen LogP contribution is 2.25. The van der Waals surface area contributed by atoms with Gasteiger partial charge in [-0.25, -0.2) is 0 Å². The van der Waals surface area contributed by atoms with Crippen LogP contribution in [0.5, 0.6) is 0 Å².